The summed E-state index contributed by atoms with van der Waals surface area (Å²) in [6, 6.07) is 15.1. The zero-order chi connectivity index (χ0) is 22.7. The fourth-order valence-electron chi connectivity index (χ4n) is 3.60. The number of pyridine rings is 1. The number of likely N-dealkylation sites (N-methyl/N-ethyl adjacent to an activating group) is 1. The highest BCUT2D eigenvalue weighted by molar-refractivity contribution is 6.31. The molecule has 0 aliphatic carbocycles. The molecule has 1 aliphatic rings. The first-order valence-corrected chi connectivity index (χ1v) is 11.0. The number of hydrogen-bond acceptors (Lipinski definition) is 5. The molecule has 3 aromatic rings. The first kappa shape index (κ1) is 22.1. The molecule has 0 spiro atoms. The van der Waals surface area contributed by atoms with E-state index < -0.39 is 0 Å². The van der Waals surface area contributed by atoms with Crippen molar-refractivity contribution < 1.29 is 4.79 Å². The molecule has 4 rings (SSSR count). The molecule has 1 amide bonds. The first-order valence-electron chi connectivity index (χ1n) is 10.2. The molecule has 2 aromatic carbocycles. The maximum atomic E-state index is 13.0. The number of anilines is 2. The van der Waals surface area contributed by atoms with Gasteiger partial charge in [0.25, 0.3) is 5.91 Å². The monoisotopic (exact) mass is 467 g/mol. The summed E-state index contributed by atoms with van der Waals surface area (Å²) in [5.74, 6) is 1.14. The largest absolute Gasteiger partial charge is 0.380 e. The standard InChI is InChI=1S/C24H23Cl2N5O/c1-15-11-19(26)12-20(24(32)30-21-8-7-18(25)14-28-21)22(15)29-13-16-3-5-17(6-4-16)23-27-9-10-31(23)2/h3-8,11-12,14,29H,9-10,13H2,1-2H3,(H,28,30,32). The van der Waals surface area contributed by atoms with Gasteiger partial charge in [0.05, 0.1) is 22.8 Å². The van der Waals surface area contributed by atoms with Gasteiger partial charge in [-0.05, 0) is 42.3 Å². The van der Waals surface area contributed by atoms with Gasteiger partial charge in [0.2, 0.25) is 0 Å². The highest BCUT2D eigenvalue weighted by atomic mass is 35.5. The van der Waals surface area contributed by atoms with Gasteiger partial charge in [0.15, 0.2) is 0 Å². The average Bonchev–Trinajstić information content (AvgIpc) is 3.20. The Morgan fingerprint density at radius 1 is 1.09 bits per heavy atom. The van der Waals surface area contributed by atoms with Crippen LogP contribution in [0.25, 0.3) is 0 Å². The molecule has 0 saturated heterocycles. The molecule has 32 heavy (non-hydrogen) atoms. The van der Waals surface area contributed by atoms with Crippen LogP contribution in [-0.2, 0) is 6.54 Å². The van der Waals surface area contributed by atoms with E-state index in [0.29, 0.717) is 28.0 Å². The van der Waals surface area contributed by atoms with Crippen LogP contribution >= 0.6 is 23.2 Å². The minimum Gasteiger partial charge on any atom is -0.380 e. The Balaban J connectivity index is 1.51. The van der Waals surface area contributed by atoms with Crippen molar-refractivity contribution in [3.8, 4) is 0 Å². The normalized spacial score (nSPS) is 13.1. The van der Waals surface area contributed by atoms with E-state index in [4.69, 9.17) is 23.2 Å². The second-order valence-electron chi connectivity index (χ2n) is 7.64. The maximum absolute atomic E-state index is 13.0. The van der Waals surface area contributed by atoms with Gasteiger partial charge in [0.1, 0.15) is 11.7 Å². The molecule has 0 saturated carbocycles. The lowest BCUT2D eigenvalue weighted by molar-refractivity contribution is 0.102. The summed E-state index contributed by atoms with van der Waals surface area (Å²) in [5, 5.41) is 7.19. The quantitative estimate of drug-likeness (QED) is 0.518. The lowest BCUT2D eigenvalue weighted by Crippen LogP contribution is -2.23. The van der Waals surface area contributed by atoms with Crippen molar-refractivity contribution >= 4 is 46.4 Å². The van der Waals surface area contributed by atoms with Crippen molar-refractivity contribution in [3.05, 3.63) is 87.0 Å². The SMILES string of the molecule is Cc1cc(Cl)cc(C(=O)Nc2ccc(Cl)cn2)c1NCc1ccc(C2=NCCN2C)cc1. The molecule has 6 nitrogen and oxygen atoms in total. The Bertz CT molecular complexity index is 1160. The molecule has 0 atom stereocenters. The van der Waals surface area contributed by atoms with Gasteiger partial charge in [-0.3, -0.25) is 9.79 Å². The number of benzene rings is 2. The predicted octanol–water partition coefficient (Wildman–Crippen LogP) is 5.25. The van der Waals surface area contributed by atoms with Crippen LogP contribution < -0.4 is 10.6 Å². The highest BCUT2D eigenvalue weighted by Crippen LogP contribution is 2.27. The third-order valence-electron chi connectivity index (χ3n) is 5.25. The zero-order valence-corrected chi connectivity index (χ0v) is 19.3. The van der Waals surface area contributed by atoms with Crippen molar-refractivity contribution in [2.45, 2.75) is 13.5 Å². The molecule has 1 aliphatic heterocycles. The number of aryl methyl sites for hydroxylation is 1. The molecule has 1 aromatic heterocycles. The molecular weight excluding hydrogens is 445 g/mol. The topological polar surface area (TPSA) is 69.6 Å². The molecule has 8 heteroatoms. The van der Waals surface area contributed by atoms with Crippen molar-refractivity contribution in [1.82, 2.24) is 9.88 Å². The maximum Gasteiger partial charge on any atom is 0.258 e. The van der Waals surface area contributed by atoms with Crippen LogP contribution in [-0.4, -0.2) is 41.8 Å². The third-order valence-corrected chi connectivity index (χ3v) is 5.70. The van der Waals surface area contributed by atoms with Crippen LogP contribution in [0.2, 0.25) is 10.0 Å². The summed E-state index contributed by atoms with van der Waals surface area (Å²) in [6.45, 7) is 4.26. The van der Waals surface area contributed by atoms with Crippen molar-refractivity contribution in [1.29, 1.82) is 0 Å². The summed E-state index contributed by atoms with van der Waals surface area (Å²) in [4.78, 5) is 23.8. The van der Waals surface area contributed by atoms with Gasteiger partial charge in [0, 0.05) is 36.9 Å². The molecular formula is C24H23Cl2N5O. The fraction of sp³-hybridized carbons (Fsp3) is 0.208. The number of amides is 1. The minimum absolute atomic E-state index is 0.300. The summed E-state index contributed by atoms with van der Waals surface area (Å²) in [7, 11) is 2.05. The summed E-state index contributed by atoms with van der Waals surface area (Å²) in [6.07, 6.45) is 1.48. The zero-order valence-electron chi connectivity index (χ0n) is 17.8. The number of nitrogens with one attached hydrogen (secondary N) is 2. The lowest BCUT2D eigenvalue weighted by atomic mass is 10.1. The number of nitrogens with zero attached hydrogens (tertiary/aromatic N) is 3. The van der Waals surface area contributed by atoms with Gasteiger partial charge >= 0.3 is 0 Å². The van der Waals surface area contributed by atoms with E-state index in [1.54, 1.807) is 18.2 Å². The molecule has 164 valence electrons. The number of amidine groups is 1. The minimum atomic E-state index is -0.300. The summed E-state index contributed by atoms with van der Waals surface area (Å²) in [5.41, 5.74) is 4.25. The van der Waals surface area contributed by atoms with Gasteiger partial charge in [-0.25, -0.2) is 4.98 Å². The highest BCUT2D eigenvalue weighted by Gasteiger charge is 2.17. The van der Waals surface area contributed by atoms with E-state index in [0.717, 1.165) is 41.3 Å². The van der Waals surface area contributed by atoms with Gasteiger partial charge in [-0.2, -0.15) is 0 Å². The van der Waals surface area contributed by atoms with Gasteiger partial charge < -0.3 is 15.5 Å². The molecule has 0 fully saturated rings. The lowest BCUT2D eigenvalue weighted by Gasteiger charge is -2.16. The Kier molecular flexibility index (Phi) is 6.63. The van der Waals surface area contributed by atoms with E-state index >= 15 is 0 Å². The Labute approximate surface area is 197 Å². The average molecular weight is 468 g/mol. The van der Waals surface area contributed by atoms with E-state index in [1.165, 1.54) is 6.20 Å². The Morgan fingerprint density at radius 3 is 2.53 bits per heavy atom. The van der Waals surface area contributed by atoms with Crippen LogP contribution in [0.4, 0.5) is 11.5 Å². The molecule has 0 unspecified atom stereocenters. The van der Waals surface area contributed by atoms with Crippen LogP contribution in [0.15, 0.2) is 59.7 Å². The van der Waals surface area contributed by atoms with E-state index in [1.807, 2.05) is 13.0 Å². The number of aliphatic imine (C=N–C) groups is 1. The van der Waals surface area contributed by atoms with E-state index in [9.17, 15) is 4.79 Å². The summed E-state index contributed by atoms with van der Waals surface area (Å²) >= 11 is 12.1. The smallest absolute Gasteiger partial charge is 0.258 e. The second-order valence-corrected chi connectivity index (χ2v) is 8.51. The second kappa shape index (κ2) is 9.59. The molecule has 0 bridgehead atoms. The number of aromatic nitrogens is 1. The van der Waals surface area contributed by atoms with Crippen molar-refractivity contribution in [2.75, 3.05) is 30.8 Å². The number of hydrogen-bond donors (Lipinski definition) is 2. The number of carbonyl (C=O) groups is 1. The fourth-order valence-corrected chi connectivity index (χ4v) is 3.98. The predicted molar refractivity (Wildman–Crippen MR) is 131 cm³/mol. The number of rotatable bonds is 6. The van der Waals surface area contributed by atoms with Crippen LogP contribution in [0.5, 0.6) is 0 Å². The Hall–Kier alpha value is -3.09. The molecule has 2 N–H and O–H groups in total. The van der Waals surface area contributed by atoms with E-state index in [2.05, 4.69) is 56.8 Å². The van der Waals surface area contributed by atoms with Crippen LogP contribution in [0, 0.1) is 6.92 Å². The van der Waals surface area contributed by atoms with E-state index in [-0.39, 0.29) is 5.91 Å². The van der Waals surface area contributed by atoms with Crippen molar-refractivity contribution in [3.63, 3.8) is 0 Å². The Morgan fingerprint density at radius 2 is 1.88 bits per heavy atom. The number of halogens is 2. The molecule has 2 heterocycles. The summed E-state index contributed by atoms with van der Waals surface area (Å²) < 4.78 is 0. The first-order chi connectivity index (χ1) is 15.4. The third kappa shape index (κ3) is 5.03. The van der Waals surface area contributed by atoms with Gasteiger partial charge in [-0.15, -0.1) is 0 Å². The van der Waals surface area contributed by atoms with Crippen LogP contribution in [0.1, 0.15) is 27.0 Å². The van der Waals surface area contributed by atoms with Gasteiger partial charge in [-0.1, -0.05) is 47.5 Å². The van der Waals surface area contributed by atoms with Crippen LogP contribution in [0.3, 0.4) is 0 Å². The van der Waals surface area contributed by atoms with Crippen molar-refractivity contribution in [2.24, 2.45) is 4.99 Å². The molecule has 0 radical (unpaired) electrons. The number of carbonyl (C=O) groups excluding carboxylic acids is 1.